The minimum Gasteiger partial charge on any atom is -0.491 e. The Labute approximate surface area is 230 Å². The number of ether oxygens (including phenoxy) is 2. The van der Waals surface area contributed by atoms with Crippen LogP contribution in [0.3, 0.4) is 0 Å². The van der Waals surface area contributed by atoms with Gasteiger partial charge in [-0.1, -0.05) is 42.8 Å². The lowest BCUT2D eigenvalue weighted by molar-refractivity contribution is -0.136. The summed E-state index contributed by atoms with van der Waals surface area (Å²) in [6, 6.07) is 17.6. The first kappa shape index (κ1) is 26.7. The van der Waals surface area contributed by atoms with Gasteiger partial charge in [0.1, 0.15) is 23.8 Å². The zero-order chi connectivity index (χ0) is 26.9. The van der Waals surface area contributed by atoms with E-state index in [1.165, 1.54) is 11.8 Å². The van der Waals surface area contributed by atoms with Crippen LogP contribution in [0.2, 0.25) is 0 Å². The lowest BCUT2D eigenvalue weighted by atomic mass is 9.73. The molecule has 8 nitrogen and oxygen atoms in total. The smallest absolute Gasteiger partial charge is 0.274 e. The third-order valence-corrected chi connectivity index (χ3v) is 7.87. The molecular weight excluding hydrogens is 492 g/mol. The Morgan fingerprint density at radius 1 is 0.897 bits per heavy atom. The number of aryl methyl sites for hydroxylation is 1. The van der Waals surface area contributed by atoms with Crippen molar-refractivity contribution in [2.45, 2.75) is 38.5 Å². The molecule has 8 heteroatoms. The van der Waals surface area contributed by atoms with Crippen molar-refractivity contribution < 1.29 is 19.1 Å². The maximum Gasteiger partial charge on any atom is 0.274 e. The van der Waals surface area contributed by atoms with E-state index in [0.29, 0.717) is 44.2 Å². The maximum atomic E-state index is 13.6. The van der Waals surface area contributed by atoms with Crippen LogP contribution in [0.5, 0.6) is 11.5 Å². The molecule has 0 bridgehead atoms. The number of hydrogen-bond acceptors (Lipinski definition) is 6. The van der Waals surface area contributed by atoms with E-state index in [1.54, 1.807) is 12.4 Å². The van der Waals surface area contributed by atoms with E-state index in [2.05, 4.69) is 16.0 Å². The van der Waals surface area contributed by atoms with Gasteiger partial charge in [-0.2, -0.15) is 0 Å². The summed E-state index contributed by atoms with van der Waals surface area (Å²) >= 11 is 0. The van der Waals surface area contributed by atoms with Gasteiger partial charge in [-0.3, -0.25) is 14.6 Å². The van der Waals surface area contributed by atoms with Crippen LogP contribution < -0.4 is 9.47 Å². The second-order valence-corrected chi connectivity index (χ2v) is 10.5. The van der Waals surface area contributed by atoms with E-state index >= 15 is 0 Å². The number of carbonyl (C=O) groups is 2. The van der Waals surface area contributed by atoms with Crippen molar-refractivity contribution in [1.82, 2.24) is 19.8 Å². The number of amides is 2. The summed E-state index contributed by atoms with van der Waals surface area (Å²) in [7, 11) is 0. The Hall–Kier alpha value is -3.94. The van der Waals surface area contributed by atoms with Crippen molar-refractivity contribution in [1.29, 1.82) is 0 Å². The standard InChI is InChI=1S/C31H36N4O4/c36-29(23-39-26-10-2-1-3-11-26)34-18-14-31(15-19-34)13-7-6-9-25-8-4-5-12-28(25)38-21-20-35(24-31)30(37)27-22-32-16-17-33-27/h1-5,8,10-12,16-17,22H,6-7,9,13-15,18-21,23-24H2. The molecule has 0 atom stereocenters. The molecule has 0 saturated carbocycles. The molecule has 0 aliphatic carbocycles. The molecule has 39 heavy (non-hydrogen) atoms. The first-order valence-corrected chi connectivity index (χ1v) is 13.8. The summed E-state index contributed by atoms with van der Waals surface area (Å²) < 4.78 is 11.9. The molecule has 1 saturated heterocycles. The second kappa shape index (κ2) is 12.7. The van der Waals surface area contributed by atoms with Gasteiger partial charge in [0.05, 0.1) is 12.7 Å². The number of piperidine rings is 1. The van der Waals surface area contributed by atoms with Crippen LogP contribution in [0.25, 0.3) is 0 Å². The number of benzene rings is 2. The van der Waals surface area contributed by atoms with Crippen LogP contribution >= 0.6 is 0 Å². The monoisotopic (exact) mass is 528 g/mol. The van der Waals surface area contributed by atoms with Gasteiger partial charge in [0.25, 0.3) is 11.8 Å². The molecule has 1 spiro atoms. The van der Waals surface area contributed by atoms with Gasteiger partial charge in [0.2, 0.25) is 0 Å². The van der Waals surface area contributed by atoms with E-state index in [4.69, 9.17) is 9.47 Å². The molecule has 2 amide bonds. The van der Waals surface area contributed by atoms with Crippen molar-refractivity contribution in [3.63, 3.8) is 0 Å². The average molecular weight is 529 g/mol. The van der Waals surface area contributed by atoms with Crippen molar-refractivity contribution in [2.75, 3.05) is 39.4 Å². The van der Waals surface area contributed by atoms with Gasteiger partial charge in [0, 0.05) is 32.0 Å². The summed E-state index contributed by atoms with van der Waals surface area (Å²) in [4.78, 5) is 38.7. The number of fused-ring (bicyclic) bond motifs is 1. The Kier molecular flexibility index (Phi) is 8.71. The van der Waals surface area contributed by atoms with Crippen LogP contribution in [0.1, 0.15) is 48.2 Å². The lowest BCUT2D eigenvalue weighted by Crippen LogP contribution is -2.50. The molecule has 3 aromatic rings. The fourth-order valence-electron chi connectivity index (χ4n) is 5.63. The summed E-state index contributed by atoms with van der Waals surface area (Å²) in [5.74, 6) is 1.45. The second-order valence-electron chi connectivity index (χ2n) is 10.5. The third-order valence-electron chi connectivity index (χ3n) is 7.87. The Bertz CT molecular complexity index is 1230. The van der Waals surface area contributed by atoms with Crippen molar-refractivity contribution >= 4 is 11.8 Å². The highest BCUT2D eigenvalue weighted by atomic mass is 16.5. The molecule has 2 aromatic carbocycles. The molecule has 2 aliphatic heterocycles. The Balaban J connectivity index is 1.29. The zero-order valence-electron chi connectivity index (χ0n) is 22.3. The van der Waals surface area contributed by atoms with Gasteiger partial charge in [-0.05, 0) is 61.3 Å². The van der Waals surface area contributed by atoms with E-state index in [9.17, 15) is 9.59 Å². The predicted molar refractivity (Wildman–Crippen MR) is 148 cm³/mol. The highest BCUT2D eigenvalue weighted by Gasteiger charge is 2.38. The van der Waals surface area contributed by atoms with Gasteiger partial charge >= 0.3 is 0 Å². The number of carbonyl (C=O) groups excluding carboxylic acids is 2. The van der Waals surface area contributed by atoms with Gasteiger partial charge in [-0.15, -0.1) is 0 Å². The third kappa shape index (κ3) is 6.93. The maximum absolute atomic E-state index is 13.6. The number of rotatable bonds is 4. The first-order chi connectivity index (χ1) is 19.1. The quantitative estimate of drug-likeness (QED) is 0.499. The highest BCUT2D eigenvalue weighted by Crippen LogP contribution is 2.38. The predicted octanol–water partition coefficient (Wildman–Crippen LogP) is 4.41. The number of hydrogen-bond donors (Lipinski definition) is 0. The van der Waals surface area contributed by atoms with Crippen molar-refractivity contribution in [3.8, 4) is 11.5 Å². The molecule has 0 N–H and O–H groups in total. The topological polar surface area (TPSA) is 84.9 Å². The normalized spacial score (nSPS) is 17.7. The summed E-state index contributed by atoms with van der Waals surface area (Å²) in [5.41, 5.74) is 1.47. The molecule has 3 heterocycles. The van der Waals surface area contributed by atoms with Crippen molar-refractivity contribution in [3.05, 3.63) is 84.4 Å². The van der Waals surface area contributed by atoms with E-state index in [-0.39, 0.29) is 23.8 Å². The van der Waals surface area contributed by atoms with Gasteiger partial charge < -0.3 is 19.3 Å². The van der Waals surface area contributed by atoms with E-state index < -0.39 is 0 Å². The number of nitrogens with zero attached hydrogens (tertiary/aromatic N) is 4. The van der Waals surface area contributed by atoms with Gasteiger partial charge in [-0.25, -0.2) is 4.98 Å². The number of likely N-dealkylation sites (tertiary alicyclic amines) is 1. The van der Waals surface area contributed by atoms with Crippen molar-refractivity contribution in [2.24, 2.45) is 5.41 Å². The minimum absolute atomic E-state index is 0.000596. The van der Waals surface area contributed by atoms with Crippen LogP contribution in [-0.4, -0.2) is 71.0 Å². The Morgan fingerprint density at radius 2 is 1.69 bits per heavy atom. The summed E-state index contributed by atoms with van der Waals surface area (Å²) in [6.45, 7) is 2.81. The summed E-state index contributed by atoms with van der Waals surface area (Å²) in [5, 5.41) is 0. The van der Waals surface area contributed by atoms with Crippen LogP contribution in [0, 0.1) is 5.41 Å². The molecular formula is C31H36N4O4. The fourth-order valence-corrected chi connectivity index (χ4v) is 5.63. The Morgan fingerprint density at radius 3 is 2.49 bits per heavy atom. The molecule has 204 valence electrons. The van der Waals surface area contributed by atoms with Gasteiger partial charge in [0.15, 0.2) is 6.61 Å². The molecule has 0 radical (unpaired) electrons. The van der Waals surface area contributed by atoms with Crippen LogP contribution in [0.4, 0.5) is 0 Å². The summed E-state index contributed by atoms with van der Waals surface area (Å²) in [6.07, 6.45) is 10.4. The van der Waals surface area contributed by atoms with E-state index in [0.717, 1.165) is 44.3 Å². The number of aromatic nitrogens is 2. The van der Waals surface area contributed by atoms with E-state index in [1.807, 2.05) is 58.3 Å². The van der Waals surface area contributed by atoms with Crippen LogP contribution in [-0.2, 0) is 11.2 Å². The first-order valence-electron chi connectivity index (χ1n) is 13.8. The zero-order valence-corrected chi connectivity index (χ0v) is 22.3. The lowest BCUT2D eigenvalue weighted by Gasteiger charge is -2.44. The minimum atomic E-state index is -0.133. The number of para-hydroxylation sites is 2. The SMILES string of the molecule is O=C(COc1ccccc1)N1CCC2(CCCCc3ccccc3OCCN(C(=O)c3cnccn3)C2)CC1. The molecule has 2 aliphatic rings. The van der Waals surface area contributed by atoms with Crippen LogP contribution in [0.15, 0.2) is 73.2 Å². The fraction of sp³-hybridized carbons (Fsp3) is 0.419. The molecule has 0 unspecified atom stereocenters. The average Bonchev–Trinajstić information content (AvgIpc) is 2.98. The largest absolute Gasteiger partial charge is 0.491 e. The molecule has 1 fully saturated rings. The highest BCUT2D eigenvalue weighted by molar-refractivity contribution is 5.92. The molecule has 1 aromatic heterocycles. The molecule has 5 rings (SSSR count).